The Morgan fingerprint density at radius 3 is 2.54 bits per heavy atom. The smallest absolute Gasteiger partial charge is 0.312 e. The molecular weight excluding hydrogens is 164 g/mol. The van der Waals surface area contributed by atoms with Crippen molar-refractivity contribution in [3.63, 3.8) is 0 Å². The Morgan fingerprint density at radius 2 is 2.00 bits per heavy atom. The number of fused-ring (bicyclic) bond motifs is 1. The summed E-state index contributed by atoms with van der Waals surface area (Å²) in [5, 5.41) is 0. The third-order valence-corrected chi connectivity index (χ3v) is 3.81. The van der Waals surface area contributed by atoms with Gasteiger partial charge in [-0.2, -0.15) is 0 Å². The molecule has 74 valence electrons. The van der Waals surface area contributed by atoms with Gasteiger partial charge in [0.1, 0.15) is 0 Å². The van der Waals surface area contributed by atoms with Gasteiger partial charge in [-0.3, -0.25) is 4.79 Å². The Bertz CT molecular complexity index is 200. The van der Waals surface area contributed by atoms with E-state index in [1.54, 1.807) is 0 Å². The molecule has 0 N–H and O–H groups in total. The maximum absolute atomic E-state index is 11.8. The number of hydrogen-bond acceptors (Lipinski definition) is 2. The van der Waals surface area contributed by atoms with Crippen molar-refractivity contribution >= 4 is 5.97 Å². The van der Waals surface area contributed by atoms with Gasteiger partial charge in [0.25, 0.3) is 0 Å². The van der Waals surface area contributed by atoms with Crippen molar-refractivity contribution in [3.8, 4) is 0 Å². The summed E-state index contributed by atoms with van der Waals surface area (Å²) < 4.78 is 5.19. The second kappa shape index (κ2) is 3.32. The van der Waals surface area contributed by atoms with Gasteiger partial charge >= 0.3 is 5.97 Å². The van der Waals surface area contributed by atoms with E-state index >= 15 is 0 Å². The van der Waals surface area contributed by atoms with E-state index < -0.39 is 0 Å². The molecule has 0 atom stereocenters. The summed E-state index contributed by atoms with van der Waals surface area (Å²) >= 11 is 0. The number of hydrogen-bond donors (Lipinski definition) is 0. The van der Waals surface area contributed by atoms with Crippen molar-refractivity contribution in [1.29, 1.82) is 0 Å². The first-order valence-electron chi connectivity index (χ1n) is 5.47. The van der Waals surface area contributed by atoms with E-state index in [4.69, 9.17) is 4.74 Å². The molecule has 0 bridgehead atoms. The third kappa shape index (κ3) is 1.27. The lowest BCUT2D eigenvalue weighted by atomic mass is 9.80. The first-order valence-corrected chi connectivity index (χ1v) is 5.47. The second-order valence-electron chi connectivity index (χ2n) is 4.36. The van der Waals surface area contributed by atoms with Crippen molar-refractivity contribution < 1.29 is 9.53 Å². The Hall–Kier alpha value is -0.530. The lowest BCUT2D eigenvalue weighted by molar-refractivity contribution is -0.156. The Labute approximate surface area is 79.7 Å². The number of esters is 1. The summed E-state index contributed by atoms with van der Waals surface area (Å²) in [6.07, 6.45) is 7.11. The van der Waals surface area contributed by atoms with Crippen LogP contribution in [0.15, 0.2) is 0 Å². The maximum Gasteiger partial charge on any atom is 0.312 e. The highest BCUT2D eigenvalue weighted by Gasteiger charge is 2.52. The van der Waals surface area contributed by atoms with Crippen LogP contribution in [0.2, 0.25) is 0 Å². The normalized spacial score (nSPS) is 37.5. The van der Waals surface area contributed by atoms with Crippen LogP contribution in [0.5, 0.6) is 0 Å². The standard InChI is InChI=1S/C11H18O2/c1-2-13-10(12)11-7-3-5-9(11)6-4-8-11/h9H,2-8H2,1H3. The second-order valence-corrected chi connectivity index (χ2v) is 4.36. The fourth-order valence-corrected chi connectivity index (χ4v) is 3.20. The minimum atomic E-state index is -0.0456. The van der Waals surface area contributed by atoms with Gasteiger partial charge in [0, 0.05) is 0 Å². The lowest BCUT2D eigenvalue weighted by Gasteiger charge is -2.26. The van der Waals surface area contributed by atoms with Crippen molar-refractivity contribution in [2.75, 3.05) is 6.61 Å². The molecule has 0 aromatic heterocycles. The molecule has 0 heterocycles. The highest BCUT2D eigenvalue weighted by Crippen LogP contribution is 2.54. The van der Waals surface area contributed by atoms with E-state index in [0.717, 1.165) is 12.8 Å². The maximum atomic E-state index is 11.8. The van der Waals surface area contributed by atoms with Crippen molar-refractivity contribution in [2.45, 2.75) is 45.4 Å². The molecule has 13 heavy (non-hydrogen) atoms. The monoisotopic (exact) mass is 182 g/mol. The summed E-state index contributed by atoms with van der Waals surface area (Å²) in [6.45, 7) is 2.43. The topological polar surface area (TPSA) is 26.3 Å². The van der Waals surface area contributed by atoms with Crippen LogP contribution in [0, 0.1) is 11.3 Å². The van der Waals surface area contributed by atoms with Crippen LogP contribution in [0.4, 0.5) is 0 Å². The number of ether oxygens (including phenoxy) is 1. The lowest BCUT2D eigenvalue weighted by Crippen LogP contribution is -2.32. The number of carbonyl (C=O) groups excluding carboxylic acids is 1. The highest BCUT2D eigenvalue weighted by molar-refractivity contribution is 5.78. The van der Waals surface area contributed by atoms with Gasteiger partial charge in [-0.1, -0.05) is 12.8 Å². The fraction of sp³-hybridized carbons (Fsp3) is 0.909. The molecule has 0 amide bonds. The van der Waals surface area contributed by atoms with E-state index in [0.29, 0.717) is 12.5 Å². The zero-order chi connectivity index (χ0) is 9.31. The highest BCUT2D eigenvalue weighted by atomic mass is 16.5. The first-order chi connectivity index (χ1) is 6.29. The number of rotatable bonds is 2. The van der Waals surface area contributed by atoms with E-state index in [2.05, 4.69) is 0 Å². The van der Waals surface area contributed by atoms with Crippen LogP contribution in [0.25, 0.3) is 0 Å². The molecule has 2 nitrogen and oxygen atoms in total. The summed E-state index contributed by atoms with van der Waals surface area (Å²) in [5.74, 6) is 0.738. The van der Waals surface area contributed by atoms with Crippen molar-refractivity contribution in [3.05, 3.63) is 0 Å². The van der Waals surface area contributed by atoms with Crippen molar-refractivity contribution in [2.24, 2.45) is 11.3 Å². The Kier molecular flexibility index (Phi) is 2.31. The van der Waals surface area contributed by atoms with Crippen molar-refractivity contribution in [1.82, 2.24) is 0 Å². The minimum absolute atomic E-state index is 0.0456. The van der Waals surface area contributed by atoms with Gasteiger partial charge in [0.2, 0.25) is 0 Å². The van der Waals surface area contributed by atoms with Gasteiger partial charge < -0.3 is 4.74 Å². The number of carbonyl (C=O) groups is 1. The molecule has 0 saturated heterocycles. The predicted octanol–water partition coefficient (Wildman–Crippen LogP) is 2.52. The first kappa shape index (κ1) is 9.04. The molecule has 0 spiro atoms. The molecule has 2 aliphatic carbocycles. The molecule has 2 rings (SSSR count). The zero-order valence-electron chi connectivity index (χ0n) is 8.34. The van der Waals surface area contributed by atoms with Crippen LogP contribution in [0.1, 0.15) is 45.4 Å². The molecule has 2 aliphatic rings. The van der Waals surface area contributed by atoms with Crippen LogP contribution in [0.3, 0.4) is 0 Å². The fourth-order valence-electron chi connectivity index (χ4n) is 3.20. The summed E-state index contributed by atoms with van der Waals surface area (Å²) in [5.41, 5.74) is -0.0456. The average molecular weight is 182 g/mol. The summed E-state index contributed by atoms with van der Waals surface area (Å²) in [7, 11) is 0. The minimum Gasteiger partial charge on any atom is -0.466 e. The Balaban J connectivity index is 2.12. The SMILES string of the molecule is CCOC(=O)C12CCCC1CCC2. The van der Waals surface area contributed by atoms with Crippen LogP contribution < -0.4 is 0 Å². The molecule has 0 aromatic carbocycles. The molecule has 2 fully saturated rings. The molecule has 2 saturated carbocycles. The quantitative estimate of drug-likeness (QED) is 0.613. The van der Waals surface area contributed by atoms with Gasteiger partial charge in [-0.25, -0.2) is 0 Å². The van der Waals surface area contributed by atoms with Crippen LogP contribution >= 0.6 is 0 Å². The van der Waals surface area contributed by atoms with Gasteiger partial charge in [-0.05, 0) is 38.5 Å². The van der Waals surface area contributed by atoms with Crippen LogP contribution in [-0.2, 0) is 9.53 Å². The molecule has 0 unspecified atom stereocenters. The molecule has 0 aromatic rings. The van der Waals surface area contributed by atoms with Gasteiger partial charge in [0.05, 0.1) is 12.0 Å². The predicted molar refractivity (Wildman–Crippen MR) is 50.3 cm³/mol. The van der Waals surface area contributed by atoms with E-state index in [1.165, 1.54) is 25.7 Å². The molecule has 2 heteroatoms. The van der Waals surface area contributed by atoms with Crippen LogP contribution in [-0.4, -0.2) is 12.6 Å². The molecule has 0 aliphatic heterocycles. The van der Waals surface area contributed by atoms with E-state index in [1.807, 2.05) is 6.92 Å². The average Bonchev–Trinajstić information content (AvgIpc) is 2.61. The summed E-state index contributed by atoms with van der Waals surface area (Å²) in [6, 6.07) is 0. The molecule has 0 radical (unpaired) electrons. The van der Waals surface area contributed by atoms with Gasteiger partial charge in [0.15, 0.2) is 0 Å². The van der Waals surface area contributed by atoms with Gasteiger partial charge in [-0.15, -0.1) is 0 Å². The van der Waals surface area contributed by atoms with E-state index in [-0.39, 0.29) is 11.4 Å². The largest absolute Gasteiger partial charge is 0.466 e. The summed E-state index contributed by atoms with van der Waals surface area (Å²) in [4.78, 5) is 11.8. The third-order valence-electron chi connectivity index (χ3n) is 3.81. The molecular formula is C11H18O2. The Morgan fingerprint density at radius 1 is 1.38 bits per heavy atom. The zero-order valence-corrected chi connectivity index (χ0v) is 8.34. The van der Waals surface area contributed by atoms with E-state index in [9.17, 15) is 4.79 Å².